The highest BCUT2D eigenvalue weighted by atomic mass is 32.3. The fourth-order valence-electron chi connectivity index (χ4n) is 0.134. The van der Waals surface area contributed by atoms with Gasteiger partial charge in [0.2, 0.25) is 0 Å². The summed E-state index contributed by atoms with van der Waals surface area (Å²) in [6, 6.07) is 0. The van der Waals surface area contributed by atoms with Crippen molar-refractivity contribution in [3.63, 3.8) is 0 Å². The van der Waals surface area contributed by atoms with Gasteiger partial charge in [0.25, 0.3) is 0 Å². The van der Waals surface area contributed by atoms with Crippen LogP contribution in [0, 0.1) is 0 Å². The molecule has 0 aliphatic heterocycles. The summed E-state index contributed by atoms with van der Waals surface area (Å²) in [6.45, 7) is 2.97. The van der Waals surface area contributed by atoms with Gasteiger partial charge in [-0.3, -0.25) is 4.55 Å². The van der Waals surface area contributed by atoms with Gasteiger partial charge in [0.05, 0.1) is 6.61 Å². The number of rotatable bonds is 3. The smallest absolute Gasteiger partial charge is 0.264 e. The van der Waals surface area contributed by atoms with E-state index in [1.54, 1.807) is 0 Å². The average Bonchev–Trinajstić information content (AvgIpc) is 1.80. The van der Waals surface area contributed by atoms with Crippen LogP contribution in [0.4, 0.5) is 0 Å². The lowest BCUT2D eigenvalue weighted by molar-refractivity contribution is 0.296. The molecular formula is C3H8O7PS+. The molecule has 0 heterocycles. The Labute approximate surface area is 70.2 Å². The monoisotopic (exact) mass is 219 g/mol. The van der Waals surface area contributed by atoms with E-state index in [-0.39, 0.29) is 6.61 Å². The molecule has 0 aromatic rings. The third kappa shape index (κ3) is 33.5. The van der Waals surface area contributed by atoms with Gasteiger partial charge in [-0.25, -0.2) is 4.18 Å². The molecule has 0 aliphatic rings. The second-order valence-electron chi connectivity index (χ2n) is 1.25. The highest BCUT2D eigenvalue weighted by molar-refractivity contribution is 7.80. The maximum Gasteiger partial charge on any atom is 0.692 e. The molecule has 3 N–H and O–H groups in total. The SMILES string of the molecule is C=CCOS(=O)(=O)O.O=[P+](O)O. The van der Waals surface area contributed by atoms with Crippen molar-refractivity contribution < 1.29 is 31.5 Å². The Kier molecular flexibility index (Phi) is 8.61. The minimum absolute atomic E-state index is 0.196. The first-order valence-electron chi connectivity index (χ1n) is 2.37. The van der Waals surface area contributed by atoms with Crippen LogP contribution >= 0.6 is 8.25 Å². The number of hydrogen-bond acceptors (Lipinski definition) is 4. The normalized spacial score (nSPS) is 9.58. The van der Waals surface area contributed by atoms with E-state index in [1.807, 2.05) is 0 Å². The highest BCUT2D eigenvalue weighted by Crippen LogP contribution is 1.98. The molecule has 0 amide bonds. The van der Waals surface area contributed by atoms with Gasteiger partial charge in [-0.05, 0) is 0 Å². The average molecular weight is 219 g/mol. The minimum Gasteiger partial charge on any atom is -0.264 e. The largest absolute Gasteiger partial charge is 0.692 e. The van der Waals surface area contributed by atoms with Crippen molar-refractivity contribution in [3.8, 4) is 0 Å². The van der Waals surface area contributed by atoms with Gasteiger partial charge in [-0.2, -0.15) is 8.42 Å². The first-order chi connectivity index (χ1) is 5.29. The standard InChI is InChI=1S/C3H6O4S.HO3P/c1-2-3-7-8(4,5)6;1-4(2)3/h2H,1,3H2,(H,4,5,6);(H-,1,2,3)/p+1. The van der Waals surface area contributed by atoms with Crippen LogP contribution in [0.5, 0.6) is 0 Å². The van der Waals surface area contributed by atoms with Crippen molar-refractivity contribution >= 4 is 18.7 Å². The van der Waals surface area contributed by atoms with Gasteiger partial charge in [-0.1, -0.05) is 6.08 Å². The fourth-order valence-corrected chi connectivity index (χ4v) is 0.402. The van der Waals surface area contributed by atoms with Crippen LogP contribution in [-0.2, 0) is 19.1 Å². The van der Waals surface area contributed by atoms with Crippen LogP contribution in [0.15, 0.2) is 12.7 Å². The molecule has 0 bridgehead atoms. The molecule has 0 saturated carbocycles. The van der Waals surface area contributed by atoms with Gasteiger partial charge < -0.3 is 0 Å². The van der Waals surface area contributed by atoms with Crippen molar-refractivity contribution in [1.29, 1.82) is 0 Å². The first-order valence-corrected chi connectivity index (χ1v) is 4.90. The molecule has 0 spiro atoms. The second-order valence-corrected chi connectivity index (χ2v) is 2.85. The maximum atomic E-state index is 9.68. The summed E-state index contributed by atoms with van der Waals surface area (Å²) in [5.74, 6) is 0. The van der Waals surface area contributed by atoms with Gasteiger partial charge in [0.1, 0.15) is 0 Å². The van der Waals surface area contributed by atoms with Crippen LogP contribution in [0.1, 0.15) is 0 Å². The molecule has 0 unspecified atom stereocenters. The van der Waals surface area contributed by atoms with E-state index in [0.717, 1.165) is 0 Å². The summed E-state index contributed by atoms with van der Waals surface area (Å²) < 4.78 is 39.7. The summed E-state index contributed by atoms with van der Waals surface area (Å²) in [6.07, 6.45) is 1.22. The fraction of sp³-hybridized carbons (Fsp3) is 0.333. The van der Waals surface area contributed by atoms with E-state index < -0.39 is 18.7 Å². The molecule has 0 aliphatic carbocycles. The lowest BCUT2D eigenvalue weighted by Crippen LogP contribution is -2.02. The Morgan fingerprint density at radius 2 is 1.83 bits per heavy atom. The molecule has 0 atom stereocenters. The quantitative estimate of drug-likeness (QED) is 0.336. The van der Waals surface area contributed by atoms with E-state index in [4.69, 9.17) is 18.9 Å². The van der Waals surface area contributed by atoms with Gasteiger partial charge in [0.15, 0.2) is 0 Å². The molecular weight excluding hydrogens is 211 g/mol. The van der Waals surface area contributed by atoms with Crippen LogP contribution in [0.3, 0.4) is 0 Å². The van der Waals surface area contributed by atoms with Crippen LogP contribution in [0.25, 0.3) is 0 Å². The molecule has 9 heteroatoms. The van der Waals surface area contributed by atoms with Gasteiger partial charge >= 0.3 is 18.7 Å². The van der Waals surface area contributed by atoms with Gasteiger partial charge in [-0.15, -0.1) is 16.4 Å². The van der Waals surface area contributed by atoms with E-state index in [0.29, 0.717) is 0 Å². The van der Waals surface area contributed by atoms with Crippen LogP contribution in [0.2, 0.25) is 0 Å². The zero-order chi connectivity index (χ0) is 10.2. The minimum atomic E-state index is -4.26. The van der Waals surface area contributed by atoms with E-state index in [1.165, 1.54) is 6.08 Å². The maximum absolute atomic E-state index is 9.68. The second kappa shape index (κ2) is 7.29. The topological polar surface area (TPSA) is 121 Å². The van der Waals surface area contributed by atoms with Crippen molar-refractivity contribution in [2.24, 2.45) is 0 Å². The molecule has 0 aromatic heterocycles. The van der Waals surface area contributed by atoms with Gasteiger partial charge in [0, 0.05) is 4.57 Å². The van der Waals surface area contributed by atoms with Crippen molar-refractivity contribution in [2.75, 3.05) is 6.61 Å². The summed E-state index contributed by atoms with van der Waals surface area (Å²) in [5, 5.41) is 0. The summed E-state index contributed by atoms with van der Waals surface area (Å²) >= 11 is 0. The lowest BCUT2D eigenvalue weighted by Gasteiger charge is -1.90. The summed E-state index contributed by atoms with van der Waals surface area (Å²) in [5.41, 5.74) is 0. The molecule has 12 heavy (non-hydrogen) atoms. The summed E-state index contributed by atoms with van der Waals surface area (Å²) in [7, 11) is -7.13. The van der Waals surface area contributed by atoms with Crippen molar-refractivity contribution in [3.05, 3.63) is 12.7 Å². The Morgan fingerprint density at radius 1 is 1.50 bits per heavy atom. The Morgan fingerprint density at radius 3 is 1.92 bits per heavy atom. The molecule has 0 radical (unpaired) electrons. The molecule has 72 valence electrons. The molecule has 0 aromatic carbocycles. The molecule has 0 saturated heterocycles. The van der Waals surface area contributed by atoms with E-state index in [9.17, 15) is 8.42 Å². The third-order valence-electron chi connectivity index (χ3n) is 0.335. The third-order valence-corrected chi connectivity index (χ3v) is 0.769. The Balaban J connectivity index is 0. The summed E-state index contributed by atoms with van der Waals surface area (Å²) in [4.78, 5) is 14.2. The molecule has 0 fully saturated rings. The Bertz CT molecular complexity index is 227. The van der Waals surface area contributed by atoms with Crippen molar-refractivity contribution in [2.45, 2.75) is 0 Å². The van der Waals surface area contributed by atoms with E-state index >= 15 is 0 Å². The van der Waals surface area contributed by atoms with Crippen LogP contribution < -0.4 is 0 Å². The first kappa shape index (κ1) is 14.2. The zero-order valence-corrected chi connectivity index (χ0v) is 7.53. The predicted octanol–water partition coefficient (Wildman–Crippen LogP) is -0.380. The van der Waals surface area contributed by atoms with Crippen molar-refractivity contribution in [1.82, 2.24) is 0 Å². The Hall–Kier alpha value is -0.370. The number of hydrogen-bond donors (Lipinski definition) is 3. The lowest BCUT2D eigenvalue weighted by atomic mass is 10.7. The van der Waals surface area contributed by atoms with E-state index in [2.05, 4.69) is 10.8 Å². The zero-order valence-electron chi connectivity index (χ0n) is 5.82. The predicted molar refractivity (Wildman–Crippen MR) is 39.7 cm³/mol. The van der Waals surface area contributed by atoms with Crippen LogP contribution in [-0.4, -0.2) is 29.4 Å². The molecule has 0 rings (SSSR count). The highest BCUT2D eigenvalue weighted by Gasteiger charge is 1.99. The molecule has 7 nitrogen and oxygen atoms in total.